The summed E-state index contributed by atoms with van der Waals surface area (Å²) in [5.74, 6) is 0.386. The lowest BCUT2D eigenvalue weighted by Gasteiger charge is -2.21. The molecule has 0 saturated carbocycles. The first kappa shape index (κ1) is 19.1. The largest absolute Gasteiger partial charge is 0.507 e. The minimum atomic E-state index is -0.297. The number of phenolic OH excluding ortho intramolecular Hbond substituents is 1. The minimum Gasteiger partial charge on any atom is -0.507 e. The van der Waals surface area contributed by atoms with Gasteiger partial charge in [0.05, 0.1) is 17.7 Å². The third kappa shape index (κ3) is 5.94. The number of nitrogens with one attached hydrogen (secondary N) is 3. The molecule has 0 radical (unpaired) electrons. The maximum Gasteiger partial charge on any atom is 0.255 e. The van der Waals surface area contributed by atoms with Gasteiger partial charge in [0.15, 0.2) is 5.96 Å². The Bertz CT molecular complexity index is 598. The van der Waals surface area contributed by atoms with Crippen LogP contribution in [0.25, 0.3) is 0 Å². The zero-order chi connectivity index (χ0) is 18.1. The Labute approximate surface area is 148 Å². The molecule has 4 N–H and O–H groups in total. The zero-order valence-corrected chi connectivity index (χ0v) is 15.0. The van der Waals surface area contributed by atoms with Gasteiger partial charge in [0.1, 0.15) is 5.75 Å². The number of carbonyl (C=O) groups excluding carboxylic acids is 1. The van der Waals surface area contributed by atoms with Gasteiger partial charge in [-0.1, -0.05) is 12.1 Å². The summed E-state index contributed by atoms with van der Waals surface area (Å²) >= 11 is 0. The van der Waals surface area contributed by atoms with Crippen molar-refractivity contribution in [1.29, 1.82) is 0 Å². The van der Waals surface area contributed by atoms with Crippen molar-refractivity contribution in [1.82, 2.24) is 16.0 Å². The first-order valence-corrected chi connectivity index (χ1v) is 8.76. The van der Waals surface area contributed by atoms with Gasteiger partial charge in [-0.3, -0.25) is 9.79 Å². The number of amides is 1. The molecule has 1 aliphatic rings. The molecule has 1 aromatic carbocycles. The summed E-state index contributed by atoms with van der Waals surface area (Å²) in [5.41, 5.74) is 0.0934. The molecule has 1 fully saturated rings. The number of guanidine groups is 1. The predicted molar refractivity (Wildman–Crippen MR) is 98.0 cm³/mol. The van der Waals surface area contributed by atoms with Gasteiger partial charge in [-0.25, -0.2) is 0 Å². The minimum absolute atomic E-state index is 0.0207. The number of rotatable bonds is 7. The zero-order valence-electron chi connectivity index (χ0n) is 15.0. The quantitative estimate of drug-likeness (QED) is 0.338. The molecule has 1 saturated heterocycles. The van der Waals surface area contributed by atoms with E-state index in [1.54, 1.807) is 18.2 Å². The second-order valence-corrected chi connectivity index (χ2v) is 6.30. The molecule has 1 aromatic rings. The predicted octanol–water partition coefficient (Wildman–Crippen LogP) is 1.25. The lowest BCUT2D eigenvalue weighted by atomic mass is 10.0. The van der Waals surface area contributed by atoms with E-state index in [0.717, 1.165) is 26.0 Å². The van der Waals surface area contributed by atoms with E-state index in [-0.39, 0.29) is 22.8 Å². The van der Waals surface area contributed by atoms with Crippen molar-refractivity contribution in [2.45, 2.75) is 32.3 Å². The number of ether oxygens (including phenoxy) is 1. The Hall–Kier alpha value is -2.28. The molecule has 0 aromatic heterocycles. The average Bonchev–Trinajstić information content (AvgIpc) is 3.03. The van der Waals surface area contributed by atoms with Gasteiger partial charge in [-0.15, -0.1) is 0 Å². The normalized spacial score (nSPS) is 20.3. The first-order chi connectivity index (χ1) is 12.0. The Kier molecular flexibility index (Phi) is 7.06. The van der Waals surface area contributed by atoms with Crippen LogP contribution in [-0.2, 0) is 4.74 Å². The summed E-state index contributed by atoms with van der Waals surface area (Å²) in [7, 11) is 0. The van der Waals surface area contributed by atoms with Crippen molar-refractivity contribution in [3.63, 3.8) is 0 Å². The fourth-order valence-corrected chi connectivity index (χ4v) is 2.67. The second-order valence-electron chi connectivity index (χ2n) is 6.30. The van der Waals surface area contributed by atoms with E-state index in [1.165, 1.54) is 6.07 Å². The van der Waals surface area contributed by atoms with E-state index in [4.69, 9.17) is 4.74 Å². The standard InChI is InChI=1S/C18H28N4O3/c1-3-19-17(22-13-18(2)9-6-12-25-18)21-11-10-20-16(24)14-7-4-5-8-15(14)23/h4-5,7-8,23H,3,6,9-13H2,1-2H3,(H,20,24)(H2,19,21,22). The third-order valence-corrected chi connectivity index (χ3v) is 4.07. The van der Waals surface area contributed by atoms with Crippen LogP contribution in [0, 0.1) is 0 Å². The van der Waals surface area contributed by atoms with Crippen molar-refractivity contribution in [2.75, 3.05) is 32.8 Å². The van der Waals surface area contributed by atoms with Crippen molar-refractivity contribution in [2.24, 2.45) is 4.99 Å². The number of aromatic hydroxyl groups is 1. The van der Waals surface area contributed by atoms with Crippen LogP contribution < -0.4 is 16.0 Å². The summed E-state index contributed by atoms with van der Waals surface area (Å²) in [6.45, 7) is 7.20. The molecular weight excluding hydrogens is 320 g/mol. The van der Waals surface area contributed by atoms with Crippen LogP contribution in [0.5, 0.6) is 5.75 Å². The smallest absolute Gasteiger partial charge is 0.255 e. The maximum atomic E-state index is 12.0. The highest BCUT2D eigenvalue weighted by Crippen LogP contribution is 2.24. The van der Waals surface area contributed by atoms with Crippen LogP contribution in [0.4, 0.5) is 0 Å². The highest BCUT2D eigenvalue weighted by Gasteiger charge is 2.29. The number of benzene rings is 1. The van der Waals surface area contributed by atoms with Crippen LogP contribution in [0.1, 0.15) is 37.0 Å². The number of aliphatic imine (C=N–C) groups is 1. The van der Waals surface area contributed by atoms with Crippen LogP contribution in [-0.4, -0.2) is 55.4 Å². The number of hydrogen-bond acceptors (Lipinski definition) is 4. The fourth-order valence-electron chi connectivity index (χ4n) is 2.67. The third-order valence-electron chi connectivity index (χ3n) is 4.07. The molecule has 1 atom stereocenters. The van der Waals surface area contributed by atoms with Gasteiger partial charge < -0.3 is 25.8 Å². The molecule has 25 heavy (non-hydrogen) atoms. The number of hydrogen-bond donors (Lipinski definition) is 4. The van der Waals surface area contributed by atoms with E-state index in [2.05, 4.69) is 27.9 Å². The molecule has 138 valence electrons. The molecule has 7 heteroatoms. The lowest BCUT2D eigenvalue weighted by Crippen LogP contribution is -2.42. The van der Waals surface area contributed by atoms with Crippen LogP contribution in [0.15, 0.2) is 29.3 Å². The van der Waals surface area contributed by atoms with Crippen LogP contribution in [0.2, 0.25) is 0 Å². The highest BCUT2D eigenvalue weighted by molar-refractivity contribution is 5.96. The lowest BCUT2D eigenvalue weighted by molar-refractivity contribution is 0.0283. The van der Waals surface area contributed by atoms with E-state index >= 15 is 0 Å². The van der Waals surface area contributed by atoms with E-state index in [0.29, 0.717) is 25.6 Å². The van der Waals surface area contributed by atoms with Gasteiger partial charge in [0.25, 0.3) is 5.91 Å². The molecule has 1 unspecified atom stereocenters. The van der Waals surface area contributed by atoms with Crippen molar-refractivity contribution < 1.29 is 14.6 Å². The summed E-state index contributed by atoms with van der Waals surface area (Å²) in [5, 5.41) is 18.8. The summed E-state index contributed by atoms with van der Waals surface area (Å²) < 4.78 is 5.74. The molecule has 0 bridgehead atoms. The molecular formula is C18H28N4O3. The first-order valence-electron chi connectivity index (χ1n) is 8.76. The van der Waals surface area contributed by atoms with Gasteiger partial charge in [0.2, 0.25) is 0 Å². The highest BCUT2D eigenvalue weighted by atomic mass is 16.5. The van der Waals surface area contributed by atoms with Gasteiger partial charge >= 0.3 is 0 Å². The van der Waals surface area contributed by atoms with Crippen LogP contribution >= 0.6 is 0 Å². The molecule has 0 aliphatic carbocycles. The van der Waals surface area contributed by atoms with E-state index in [9.17, 15) is 9.90 Å². The van der Waals surface area contributed by atoms with Crippen molar-refractivity contribution in [3.05, 3.63) is 29.8 Å². The average molecular weight is 348 g/mol. The van der Waals surface area contributed by atoms with E-state index < -0.39 is 0 Å². The molecule has 2 rings (SSSR count). The van der Waals surface area contributed by atoms with Crippen molar-refractivity contribution in [3.8, 4) is 5.75 Å². The Morgan fingerprint density at radius 3 is 2.72 bits per heavy atom. The Balaban J connectivity index is 1.77. The Morgan fingerprint density at radius 1 is 1.28 bits per heavy atom. The second kappa shape index (κ2) is 9.27. The number of carbonyl (C=O) groups is 1. The molecule has 1 heterocycles. The van der Waals surface area contributed by atoms with E-state index in [1.807, 2.05) is 6.92 Å². The molecule has 1 amide bonds. The van der Waals surface area contributed by atoms with Gasteiger partial charge in [0, 0.05) is 26.2 Å². The molecule has 7 nitrogen and oxygen atoms in total. The number of phenols is 1. The monoisotopic (exact) mass is 348 g/mol. The Morgan fingerprint density at radius 2 is 2.04 bits per heavy atom. The summed E-state index contributed by atoms with van der Waals surface area (Å²) in [4.78, 5) is 16.6. The molecule has 1 aliphatic heterocycles. The topological polar surface area (TPSA) is 95.0 Å². The summed E-state index contributed by atoms with van der Waals surface area (Å²) in [6, 6.07) is 6.48. The summed E-state index contributed by atoms with van der Waals surface area (Å²) in [6.07, 6.45) is 2.10. The number of para-hydroxylation sites is 1. The van der Waals surface area contributed by atoms with Gasteiger partial charge in [-0.2, -0.15) is 0 Å². The fraction of sp³-hybridized carbons (Fsp3) is 0.556. The van der Waals surface area contributed by atoms with Gasteiger partial charge in [-0.05, 0) is 38.8 Å². The SMILES string of the molecule is CCNC(=NCC1(C)CCCO1)NCCNC(=O)c1ccccc1O. The van der Waals surface area contributed by atoms with Crippen molar-refractivity contribution >= 4 is 11.9 Å². The maximum absolute atomic E-state index is 12.0. The molecule has 0 spiro atoms. The number of nitrogens with zero attached hydrogens (tertiary/aromatic N) is 1. The van der Waals surface area contributed by atoms with Crippen LogP contribution in [0.3, 0.4) is 0 Å².